The summed E-state index contributed by atoms with van der Waals surface area (Å²) in [4.78, 5) is 25.5. The van der Waals surface area contributed by atoms with Crippen molar-refractivity contribution in [1.29, 1.82) is 0 Å². The van der Waals surface area contributed by atoms with E-state index in [4.69, 9.17) is 9.47 Å². The topological polar surface area (TPSA) is 135 Å². The second kappa shape index (κ2) is 9.74. The molecule has 5 atom stereocenters. The standard InChI is InChI=1S/C21H30N4O6S/c1-32(28,29)25-16-7-6-14-8-9-30-18-5-3-2-4-15(18)20(26)24-13-10-17(22-11-13)21(27)23-12-19(16)31-14/h2-5,13-14,16-17,19,22,25H,6-12H2,1H3,(H,23,27)(H,24,26)/t13-,14+,16-,17+,19-/m1/s1. The van der Waals surface area contributed by atoms with Crippen LogP contribution in [-0.2, 0) is 19.6 Å². The highest BCUT2D eigenvalue weighted by Gasteiger charge is 2.35. The van der Waals surface area contributed by atoms with Gasteiger partial charge in [-0.15, -0.1) is 0 Å². The maximum Gasteiger partial charge on any atom is 0.255 e. The molecule has 4 N–H and O–H groups in total. The molecule has 2 saturated heterocycles. The van der Waals surface area contributed by atoms with Gasteiger partial charge in [0.05, 0.1) is 36.7 Å². The van der Waals surface area contributed by atoms with Gasteiger partial charge in [-0.25, -0.2) is 13.1 Å². The summed E-state index contributed by atoms with van der Waals surface area (Å²) in [5, 5.41) is 9.00. The molecule has 1 aromatic rings. The number of hydrogen-bond donors (Lipinski definition) is 4. The Hall–Kier alpha value is -2.21. The first-order chi connectivity index (χ1) is 15.3. The van der Waals surface area contributed by atoms with Gasteiger partial charge in [0.25, 0.3) is 5.91 Å². The van der Waals surface area contributed by atoms with Crippen LogP contribution >= 0.6 is 0 Å². The van der Waals surface area contributed by atoms with Crippen LogP contribution in [-0.4, -0.2) is 76.5 Å². The Morgan fingerprint density at radius 1 is 1.09 bits per heavy atom. The van der Waals surface area contributed by atoms with Crippen molar-refractivity contribution < 1.29 is 27.5 Å². The number of rotatable bonds is 2. The van der Waals surface area contributed by atoms with E-state index < -0.39 is 28.2 Å². The van der Waals surface area contributed by atoms with E-state index in [1.807, 2.05) is 6.07 Å². The number of amides is 2. The van der Waals surface area contributed by atoms with E-state index in [-0.39, 0.29) is 30.5 Å². The van der Waals surface area contributed by atoms with Gasteiger partial charge in [-0.05, 0) is 31.4 Å². The van der Waals surface area contributed by atoms with Gasteiger partial charge in [0.15, 0.2) is 0 Å². The van der Waals surface area contributed by atoms with Crippen LogP contribution in [0.1, 0.15) is 36.0 Å². The van der Waals surface area contributed by atoms with Crippen LogP contribution in [0, 0.1) is 0 Å². The molecule has 0 unspecified atom stereocenters. The zero-order valence-electron chi connectivity index (χ0n) is 18.0. The molecule has 3 heterocycles. The number of sulfonamides is 1. The fourth-order valence-corrected chi connectivity index (χ4v) is 5.31. The molecule has 176 valence electrons. The summed E-state index contributed by atoms with van der Waals surface area (Å²) in [6.07, 6.45) is 2.80. The molecule has 11 heteroatoms. The van der Waals surface area contributed by atoms with Gasteiger partial charge >= 0.3 is 0 Å². The summed E-state index contributed by atoms with van der Waals surface area (Å²) < 4.78 is 38.3. The predicted molar refractivity (Wildman–Crippen MR) is 117 cm³/mol. The van der Waals surface area contributed by atoms with Gasteiger partial charge in [0, 0.05) is 31.6 Å². The van der Waals surface area contributed by atoms with E-state index in [9.17, 15) is 18.0 Å². The Kier molecular flexibility index (Phi) is 6.99. The average molecular weight is 467 g/mol. The molecule has 0 saturated carbocycles. The zero-order valence-corrected chi connectivity index (χ0v) is 18.8. The number of nitrogens with one attached hydrogen (secondary N) is 4. The quantitative estimate of drug-likeness (QED) is 0.462. The number of benzene rings is 1. The monoisotopic (exact) mass is 466 g/mol. The molecule has 0 aromatic heterocycles. The van der Waals surface area contributed by atoms with Crippen molar-refractivity contribution in [3.63, 3.8) is 0 Å². The summed E-state index contributed by atoms with van der Waals surface area (Å²) in [5.74, 6) is 0.0759. The normalized spacial score (nSPS) is 31.7. The lowest BCUT2D eigenvalue weighted by molar-refractivity contribution is -0.125. The summed E-state index contributed by atoms with van der Waals surface area (Å²) >= 11 is 0. The number of para-hydroxylation sites is 1. The van der Waals surface area contributed by atoms with Gasteiger partial charge < -0.3 is 25.4 Å². The van der Waals surface area contributed by atoms with Crippen molar-refractivity contribution in [2.45, 2.75) is 56.0 Å². The summed E-state index contributed by atoms with van der Waals surface area (Å²) in [6, 6.07) is 6.04. The Morgan fingerprint density at radius 2 is 1.91 bits per heavy atom. The van der Waals surface area contributed by atoms with E-state index in [0.29, 0.717) is 50.1 Å². The third-order valence-corrected chi connectivity index (χ3v) is 6.80. The molecule has 4 rings (SSSR count). The van der Waals surface area contributed by atoms with Gasteiger partial charge in [-0.1, -0.05) is 12.1 Å². The van der Waals surface area contributed by atoms with Crippen molar-refractivity contribution in [3.8, 4) is 5.75 Å². The van der Waals surface area contributed by atoms with Crippen molar-refractivity contribution >= 4 is 21.8 Å². The molecule has 1 aromatic carbocycles. The fraction of sp³-hybridized carbons (Fsp3) is 0.619. The van der Waals surface area contributed by atoms with E-state index in [0.717, 1.165) is 6.26 Å². The number of carbonyl (C=O) groups is 2. The van der Waals surface area contributed by atoms with Gasteiger partial charge in [0.1, 0.15) is 5.75 Å². The Balaban J connectivity index is 1.53. The molecule has 3 aliphatic heterocycles. The smallest absolute Gasteiger partial charge is 0.255 e. The number of carbonyl (C=O) groups excluding carboxylic acids is 2. The largest absolute Gasteiger partial charge is 0.493 e. The second-order valence-corrected chi connectivity index (χ2v) is 10.4. The average Bonchev–Trinajstić information content (AvgIpc) is 3.20. The van der Waals surface area contributed by atoms with Crippen LogP contribution in [0.5, 0.6) is 5.75 Å². The maximum atomic E-state index is 12.8. The van der Waals surface area contributed by atoms with E-state index in [2.05, 4.69) is 20.7 Å². The van der Waals surface area contributed by atoms with E-state index in [1.165, 1.54) is 0 Å². The molecule has 2 fully saturated rings. The third-order valence-electron chi connectivity index (χ3n) is 6.07. The lowest BCUT2D eigenvalue weighted by atomic mass is 9.97. The first kappa shape index (κ1) is 23.0. The Labute approximate surface area is 187 Å². The van der Waals surface area contributed by atoms with Gasteiger partial charge in [0.2, 0.25) is 15.9 Å². The lowest BCUT2D eigenvalue weighted by Crippen LogP contribution is -2.54. The Bertz CT molecular complexity index is 955. The van der Waals surface area contributed by atoms with E-state index >= 15 is 0 Å². The predicted octanol–water partition coefficient (Wildman–Crippen LogP) is -0.489. The van der Waals surface area contributed by atoms with Crippen molar-refractivity contribution in [2.75, 3.05) is 26.0 Å². The molecule has 0 radical (unpaired) electrons. The minimum Gasteiger partial charge on any atom is -0.493 e. The lowest BCUT2D eigenvalue weighted by Gasteiger charge is -2.37. The van der Waals surface area contributed by atoms with Crippen molar-refractivity contribution in [3.05, 3.63) is 29.8 Å². The minimum absolute atomic E-state index is 0.141. The molecular weight excluding hydrogens is 436 g/mol. The number of fused-ring (bicyclic) bond motifs is 5. The molecule has 2 amide bonds. The maximum absolute atomic E-state index is 12.8. The summed E-state index contributed by atoms with van der Waals surface area (Å²) in [5.41, 5.74) is 0.451. The highest BCUT2D eigenvalue weighted by molar-refractivity contribution is 7.88. The van der Waals surface area contributed by atoms with Crippen LogP contribution in [0.3, 0.4) is 0 Å². The fourth-order valence-electron chi connectivity index (χ4n) is 4.49. The van der Waals surface area contributed by atoms with Crippen molar-refractivity contribution in [1.82, 2.24) is 20.7 Å². The molecule has 0 aliphatic carbocycles. The second-order valence-electron chi connectivity index (χ2n) is 8.62. The first-order valence-electron chi connectivity index (χ1n) is 10.9. The molecule has 0 spiro atoms. The highest BCUT2D eigenvalue weighted by Crippen LogP contribution is 2.24. The number of ether oxygens (including phenoxy) is 2. The molecular formula is C21H30N4O6S. The third kappa shape index (κ3) is 5.77. The van der Waals surface area contributed by atoms with E-state index in [1.54, 1.807) is 18.2 Å². The SMILES string of the molecule is CS(=O)(=O)N[C@@H]1CC[C@H]2CCOc3ccccc3C(=O)N[C@H]3CN[C@@H](C3)C(=O)NC[C@H]1O2. The number of hydrogen-bond acceptors (Lipinski definition) is 7. The van der Waals surface area contributed by atoms with Gasteiger partial charge in [-0.3, -0.25) is 9.59 Å². The summed E-state index contributed by atoms with van der Waals surface area (Å²) in [6.45, 7) is 1.03. The van der Waals surface area contributed by atoms with Crippen LogP contribution < -0.4 is 25.4 Å². The minimum atomic E-state index is -3.41. The molecule has 4 bridgehead atoms. The van der Waals surface area contributed by atoms with Crippen LogP contribution in [0.4, 0.5) is 0 Å². The van der Waals surface area contributed by atoms with Crippen LogP contribution in [0.2, 0.25) is 0 Å². The first-order valence-corrected chi connectivity index (χ1v) is 12.8. The molecule has 3 aliphatic rings. The molecule has 10 nitrogen and oxygen atoms in total. The highest BCUT2D eigenvalue weighted by atomic mass is 32.2. The molecule has 32 heavy (non-hydrogen) atoms. The van der Waals surface area contributed by atoms with Crippen LogP contribution in [0.15, 0.2) is 24.3 Å². The van der Waals surface area contributed by atoms with Crippen LogP contribution in [0.25, 0.3) is 0 Å². The zero-order chi connectivity index (χ0) is 22.7. The summed E-state index contributed by atoms with van der Waals surface area (Å²) in [7, 11) is -3.41. The van der Waals surface area contributed by atoms with Gasteiger partial charge in [-0.2, -0.15) is 0 Å². The van der Waals surface area contributed by atoms with Crippen molar-refractivity contribution in [2.24, 2.45) is 0 Å². The Morgan fingerprint density at radius 3 is 2.72 bits per heavy atom.